The monoisotopic (exact) mass is 575 g/mol. The van der Waals surface area contributed by atoms with Crippen LogP contribution in [0.25, 0.3) is 10.8 Å². The molecule has 8 heteroatoms. The van der Waals surface area contributed by atoms with E-state index in [4.69, 9.17) is 0 Å². The molecule has 0 bridgehead atoms. The van der Waals surface area contributed by atoms with E-state index < -0.39 is 17.4 Å². The number of carbonyl (C=O) groups excluding carboxylic acids is 3. The van der Waals surface area contributed by atoms with Crippen LogP contribution in [0.2, 0.25) is 0 Å². The lowest BCUT2D eigenvalue weighted by molar-refractivity contribution is -0.139. The van der Waals surface area contributed by atoms with Crippen molar-refractivity contribution >= 4 is 45.6 Å². The lowest BCUT2D eigenvalue weighted by atomic mass is 9.82. The summed E-state index contributed by atoms with van der Waals surface area (Å²) in [7, 11) is 1.62. The number of aliphatic hydroxyl groups is 2. The molecular weight excluding hydrogens is 542 g/mol. The number of hydrogen-bond acceptors (Lipinski definition) is 5. The molecular formula is C35H33N3O5. The Morgan fingerprint density at radius 3 is 2.47 bits per heavy atom. The molecule has 2 atom stereocenters. The summed E-state index contributed by atoms with van der Waals surface area (Å²) in [4.78, 5) is 44.7. The average Bonchev–Trinajstić information content (AvgIpc) is 3.42. The van der Waals surface area contributed by atoms with E-state index in [0.717, 1.165) is 22.0 Å². The fraction of sp³-hybridized carbons (Fsp3) is 0.229. The average molecular weight is 576 g/mol. The van der Waals surface area contributed by atoms with Crippen LogP contribution >= 0.6 is 0 Å². The first-order valence-corrected chi connectivity index (χ1v) is 14.4. The zero-order valence-corrected chi connectivity index (χ0v) is 24.1. The first-order valence-electron chi connectivity index (χ1n) is 14.4. The molecule has 4 aromatic rings. The Balaban J connectivity index is 1.26. The van der Waals surface area contributed by atoms with E-state index in [2.05, 4.69) is 0 Å². The number of benzene rings is 4. The Bertz CT molecular complexity index is 1760. The van der Waals surface area contributed by atoms with Crippen LogP contribution in [-0.4, -0.2) is 53.0 Å². The maximum absolute atomic E-state index is 13.5. The number of hydrogen-bond donors (Lipinski definition) is 2. The highest BCUT2D eigenvalue weighted by Gasteiger charge is 2.52. The highest BCUT2D eigenvalue weighted by Crippen LogP contribution is 2.48. The number of rotatable bonds is 9. The molecule has 2 N–H and O–H groups in total. The van der Waals surface area contributed by atoms with Gasteiger partial charge in [-0.15, -0.1) is 0 Å². The third-order valence-electron chi connectivity index (χ3n) is 8.51. The number of nitrogens with zero attached hydrogens (tertiary/aromatic N) is 3. The fourth-order valence-corrected chi connectivity index (χ4v) is 6.21. The van der Waals surface area contributed by atoms with Crippen LogP contribution in [0.5, 0.6) is 0 Å². The maximum atomic E-state index is 13.5. The second-order valence-corrected chi connectivity index (χ2v) is 11.1. The van der Waals surface area contributed by atoms with Gasteiger partial charge in [0, 0.05) is 49.1 Å². The molecule has 0 aliphatic carbocycles. The molecule has 0 aromatic heterocycles. The van der Waals surface area contributed by atoms with Gasteiger partial charge in [-0.3, -0.25) is 19.3 Å². The van der Waals surface area contributed by atoms with Crippen LogP contribution in [-0.2, 0) is 21.7 Å². The molecule has 2 heterocycles. The van der Waals surface area contributed by atoms with Crippen molar-refractivity contribution in [3.63, 3.8) is 0 Å². The van der Waals surface area contributed by atoms with Gasteiger partial charge in [0.2, 0.25) is 5.91 Å². The molecule has 43 heavy (non-hydrogen) atoms. The van der Waals surface area contributed by atoms with Gasteiger partial charge in [-0.05, 0) is 41.3 Å². The molecule has 8 nitrogen and oxygen atoms in total. The van der Waals surface area contributed by atoms with Crippen LogP contribution in [0.3, 0.4) is 0 Å². The predicted octanol–water partition coefficient (Wildman–Crippen LogP) is 4.90. The molecule has 2 aliphatic heterocycles. The van der Waals surface area contributed by atoms with Gasteiger partial charge in [0.15, 0.2) is 5.60 Å². The molecule has 0 saturated heterocycles. The van der Waals surface area contributed by atoms with Crippen molar-refractivity contribution in [3.8, 4) is 0 Å². The lowest BCUT2D eigenvalue weighted by Crippen LogP contribution is -2.43. The number of likely N-dealkylation sites (N-methyl/N-ethyl adjacent to an activating group) is 1. The van der Waals surface area contributed by atoms with Crippen LogP contribution in [0.4, 0.5) is 17.1 Å². The van der Waals surface area contributed by atoms with Crippen LogP contribution in [0.15, 0.2) is 97.1 Å². The summed E-state index contributed by atoms with van der Waals surface area (Å²) < 4.78 is 0. The van der Waals surface area contributed by atoms with E-state index in [1.165, 1.54) is 4.90 Å². The molecule has 0 saturated carbocycles. The Hall–Kier alpha value is -4.79. The van der Waals surface area contributed by atoms with Crippen LogP contribution < -0.4 is 9.80 Å². The molecule has 0 radical (unpaired) electrons. The molecule has 0 spiro atoms. The normalized spacial score (nSPS) is 18.1. The zero-order valence-electron chi connectivity index (χ0n) is 24.1. The van der Waals surface area contributed by atoms with E-state index in [0.29, 0.717) is 29.0 Å². The fourth-order valence-electron chi connectivity index (χ4n) is 6.21. The van der Waals surface area contributed by atoms with Crippen molar-refractivity contribution in [1.82, 2.24) is 4.90 Å². The molecule has 4 aromatic carbocycles. The highest BCUT2D eigenvalue weighted by molar-refractivity contribution is 6.28. The summed E-state index contributed by atoms with van der Waals surface area (Å²) in [5, 5.41) is 23.3. The summed E-state index contributed by atoms with van der Waals surface area (Å²) in [5.74, 6) is -1.50. The van der Waals surface area contributed by atoms with E-state index in [1.807, 2.05) is 66.7 Å². The summed E-state index contributed by atoms with van der Waals surface area (Å²) in [6.07, 6.45) is 3.40. The second-order valence-electron chi connectivity index (χ2n) is 11.1. The van der Waals surface area contributed by atoms with Crippen molar-refractivity contribution in [2.75, 3.05) is 30.0 Å². The number of anilines is 3. The lowest BCUT2D eigenvalue weighted by Gasteiger charge is -2.28. The minimum absolute atomic E-state index is 0.0503. The van der Waals surface area contributed by atoms with Gasteiger partial charge in [0.05, 0.1) is 23.5 Å². The predicted molar refractivity (Wildman–Crippen MR) is 166 cm³/mol. The quantitative estimate of drug-likeness (QED) is 0.277. The Morgan fingerprint density at radius 1 is 0.977 bits per heavy atom. The number of carbonyl (C=O) groups is 3. The molecule has 218 valence electrons. The van der Waals surface area contributed by atoms with Crippen molar-refractivity contribution in [2.45, 2.75) is 25.5 Å². The van der Waals surface area contributed by atoms with Gasteiger partial charge < -0.3 is 20.0 Å². The highest BCUT2D eigenvalue weighted by atomic mass is 16.3. The summed E-state index contributed by atoms with van der Waals surface area (Å²) >= 11 is 0. The minimum atomic E-state index is -1.89. The van der Waals surface area contributed by atoms with E-state index >= 15 is 0 Å². The van der Waals surface area contributed by atoms with Crippen molar-refractivity contribution in [1.29, 1.82) is 0 Å². The number of amides is 3. The second kappa shape index (κ2) is 11.1. The number of aliphatic hydroxyl groups excluding tert-OH is 1. The molecule has 3 amide bonds. The van der Waals surface area contributed by atoms with Crippen molar-refractivity contribution in [3.05, 3.63) is 114 Å². The first-order chi connectivity index (χ1) is 20.8. The van der Waals surface area contributed by atoms with E-state index in [1.54, 1.807) is 54.1 Å². The third-order valence-corrected chi connectivity index (χ3v) is 8.51. The summed E-state index contributed by atoms with van der Waals surface area (Å²) in [6.45, 7) is 2.16. The maximum Gasteiger partial charge on any atom is 0.264 e. The van der Waals surface area contributed by atoms with Crippen molar-refractivity contribution in [2.24, 2.45) is 5.92 Å². The Kier molecular flexibility index (Phi) is 7.33. The van der Waals surface area contributed by atoms with Crippen molar-refractivity contribution < 1.29 is 24.6 Å². The molecule has 0 fully saturated rings. The van der Waals surface area contributed by atoms with Crippen LogP contribution in [0.1, 0.15) is 34.8 Å². The molecule has 0 unspecified atom stereocenters. The topological polar surface area (TPSA) is 101 Å². The van der Waals surface area contributed by atoms with Gasteiger partial charge in [0.1, 0.15) is 0 Å². The Morgan fingerprint density at radius 2 is 1.72 bits per heavy atom. The minimum Gasteiger partial charge on any atom is -0.395 e. The van der Waals surface area contributed by atoms with Gasteiger partial charge >= 0.3 is 0 Å². The summed E-state index contributed by atoms with van der Waals surface area (Å²) in [6, 6.07) is 26.2. The zero-order chi connectivity index (χ0) is 30.3. The summed E-state index contributed by atoms with van der Waals surface area (Å²) in [5.41, 5.74) is 1.96. The largest absolute Gasteiger partial charge is 0.395 e. The molecule has 2 aliphatic rings. The number of fused-ring (bicyclic) bond motifs is 1. The third kappa shape index (κ3) is 4.69. The smallest absolute Gasteiger partial charge is 0.264 e. The first kappa shape index (κ1) is 28.3. The molecule has 6 rings (SSSR count). The van der Waals surface area contributed by atoms with Gasteiger partial charge in [-0.2, -0.15) is 0 Å². The van der Waals surface area contributed by atoms with Crippen LogP contribution in [0, 0.1) is 5.92 Å². The Labute approximate surface area is 250 Å². The van der Waals surface area contributed by atoms with Gasteiger partial charge in [0.25, 0.3) is 11.8 Å². The SMILES string of the molecule is C[C@@H](/C=C/CC(=O)N(CCO)Cc1ccccc1)[C@]1(O)C(=O)N(C)c2ccc(N3C(=O)c4cccc5cccc3c45)cc21. The van der Waals surface area contributed by atoms with E-state index in [-0.39, 0.29) is 31.4 Å². The van der Waals surface area contributed by atoms with Gasteiger partial charge in [-0.25, -0.2) is 0 Å². The van der Waals surface area contributed by atoms with E-state index in [9.17, 15) is 24.6 Å². The standard InChI is InChI=1S/C35H33N3O5/c1-23(9-6-16-31(40)37(19-20-39)22-24-10-4-3-5-11-24)35(43)28-21-26(17-18-29(28)36(2)34(35)42)38-30-15-8-13-25-12-7-14-27(32(25)30)33(38)41/h3-15,17-18,21,23,39,43H,16,19-20,22H2,1-2H3/b9-6+/t23-,35+/m0/s1. The van der Waals surface area contributed by atoms with Gasteiger partial charge in [-0.1, -0.05) is 73.7 Å².